The molecule has 1 aliphatic heterocycles. The lowest BCUT2D eigenvalue weighted by molar-refractivity contribution is -0.123. The number of hydrogen-bond acceptors (Lipinski definition) is 7. The van der Waals surface area contributed by atoms with Crippen LogP contribution in [-0.4, -0.2) is 29.1 Å². The summed E-state index contributed by atoms with van der Waals surface area (Å²) in [5.41, 5.74) is 1.62. The van der Waals surface area contributed by atoms with Gasteiger partial charge in [-0.15, -0.1) is 0 Å². The largest absolute Gasteiger partial charge is 0.488 e. The van der Waals surface area contributed by atoms with Crippen molar-refractivity contribution in [2.24, 2.45) is 0 Å². The number of thioether (sulfide) groups is 1. The summed E-state index contributed by atoms with van der Waals surface area (Å²) < 4.78 is 16.7. The third-order valence-corrected chi connectivity index (χ3v) is 7.36. The Bertz CT molecular complexity index is 1360. The molecule has 2 amide bonds. The summed E-state index contributed by atoms with van der Waals surface area (Å²) in [4.78, 5) is 38.1. The van der Waals surface area contributed by atoms with Crippen molar-refractivity contribution in [3.63, 3.8) is 0 Å². The number of rotatable bonds is 7. The van der Waals surface area contributed by atoms with Gasteiger partial charge in [0, 0.05) is 0 Å². The van der Waals surface area contributed by atoms with E-state index >= 15 is 0 Å². The fourth-order valence-electron chi connectivity index (χ4n) is 3.13. The van der Waals surface area contributed by atoms with Crippen LogP contribution >= 0.6 is 57.6 Å². The normalized spacial score (nSPS) is 14.6. The van der Waals surface area contributed by atoms with Gasteiger partial charge in [0.25, 0.3) is 11.1 Å². The molecular weight excluding hydrogens is 628 g/mol. The summed E-state index contributed by atoms with van der Waals surface area (Å²) in [7, 11) is 1.24. The molecule has 3 aromatic rings. The first-order valence-electron chi connectivity index (χ1n) is 10.0. The molecule has 0 aliphatic carbocycles. The summed E-state index contributed by atoms with van der Waals surface area (Å²) in [6.45, 7) is 0.230. The Morgan fingerprint density at radius 3 is 2.63 bits per heavy atom. The van der Waals surface area contributed by atoms with Crippen molar-refractivity contribution in [2.45, 2.75) is 13.2 Å². The van der Waals surface area contributed by atoms with Crippen molar-refractivity contribution in [3.05, 3.63) is 89.7 Å². The minimum atomic E-state index is -0.635. The highest BCUT2D eigenvalue weighted by atomic mass is 127. The second-order valence-corrected chi connectivity index (χ2v) is 10.2. The Morgan fingerprint density at radius 2 is 1.91 bits per heavy atom. The number of ether oxygens (including phenoxy) is 2. The van der Waals surface area contributed by atoms with Crippen LogP contribution in [0.4, 0.5) is 4.79 Å². The number of carbonyl (C=O) groups is 3. The second-order valence-electron chi connectivity index (χ2n) is 7.25. The average Bonchev–Trinajstić information content (AvgIpc) is 3.40. The van der Waals surface area contributed by atoms with Crippen molar-refractivity contribution in [2.75, 3.05) is 7.11 Å². The van der Waals surface area contributed by atoms with E-state index in [0.717, 1.165) is 31.4 Å². The standard InChI is InChI=1S/C24H16Cl2INO6S/c1-32-23(30)20-7-4-15(34-20)11-28-22(29)21(35-24(28)31)10-13-3-6-19(18(27)9-13)33-12-14-2-5-16(25)17(26)8-14/h2-10H,11-12H2,1H3/b21-10+. The van der Waals surface area contributed by atoms with Gasteiger partial charge in [0.15, 0.2) is 0 Å². The number of imide groups is 1. The Balaban J connectivity index is 1.43. The van der Waals surface area contributed by atoms with Crippen molar-refractivity contribution in [1.82, 2.24) is 4.90 Å². The number of furan rings is 1. The molecule has 0 atom stereocenters. The molecular formula is C24H16Cl2INO6S. The van der Waals surface area contributed by atoms with Crippen LogP contribution < -0.4 is 4.74 Å². The van der Waals surface area contributed by atoms with Gasteiger partial charge in [-0.25, -0.2) is 4.79 Å². The highest BCUT2D eigenvalue weighted by Crippen LogP contribution is 2.34. The monoisotopic (exact) mass is 643 g/mol. The molecule has 2 heterocycles. The zero-order valence-electron chi connectivity index (χ0n) is 18.0. The third kappa shape index (κ3) is 6.03. The lowest BCUT2D eigenvalue weighted by Crippen LogP contribution is -2.27. The van der Waals surface area contributed by atoms with Gasteiger partial charge >= 0.3 is 5.97 Å². The predicted octanol–water partition coefficient (Wildman–Crippen LogP) is 6.79. The first-order chi connectivity index (χ1) is 16.7. The Morgan fingerprint density at radius 1 is 1.11 bits per heavy atom. The van der Waals surface area contributed by atoms with Crippen LogP contribution in [0.25, 0.3) is 6.08 Å². The van der Waals surface area contributed by atoms with E-state index < -0.39 is 17.1 Å². The van der Waals surface area contributed by atoms with E-state index in [2.05, 4.69) is 27.3 Å². The summed E-state index contributed by atoms with van der Waals surface area (Å²) in [6, 6.07) is 13.7. The van der Waals surface area contributed by atoms with Crippen molar-refractivity contribution >= 4 is 80.7 Å². The van der Waals surface area contributed by atoms with E-state index in [1.54, 1.807) is 30.3 Å². The molecule has 2 aromatic carbocycles. The molecule has 35 heavy (non-hydrogen) atoms. The number of nitrogens with zero attached hydrogens (tertiary/aromatic N) is 1. The Labute approximate surface area is 228 Å². The van der Waals surface area contributed by atoms with Crippen LogP contribution in [0, 0.1) is 3.57 Å². The number of carbonyl (C=O) groups excluding carboxylic acids is 3. The van der Waals surface area contributed by atoms with E-state index in [0.29, 0.717) is 28.2 Å². The van der Waals surface area contributed by atoms with E-state index in [9.17, 15) is 14.4 Å². The van der Waals surface area contributed by atoms with Crippen LogP contribution in [0.3, 0.4) is 0 Å². The number of amides is 2. The zero-order chi connectivity index (χ0) is 25.1. The summed E-state index contributed by atoms with van der Waals surface area (Å²) in [5, 5.41) is 0.519. The Kier molecular flexibility index (Phi) is 8.10. The van der Waals surface area contributed by atoms with Crippen LogP contribution in [0.15, 0.2) is 57.9 Å². The lowest BCUT2D eigenvalue weighted by atomic mass is 10.2. The van der Waals surface area contributed by atoms with Gasteiger partial charge in [-0.2, -0.15) is 0 Å². The van der Waals surface area contributed by atoms with Crippen LogP contribution in [0.2, 0.25) is 10.0 Å². The molecule has 0 unspecified atom stereocenters. The van der Waals surface area contributed by atoms with E-state index in [-0.39, 0.29) is 17.2 Å². The molecule has 0 N–H and O–H groups in total. The van der Waals surface area contributed by atoms with E-state index in [1.807, 2.05) is 12.1 Å². The smallest absolute Gasteiger partial charge is 0.373 e. The van der Waals surface area contributed by atoms with E-state index in [4.69, 9.17) is 32.4 Å². The topological polar surface area (TPSA) is 86.0 Å². The van der Waals surface area contributed by atoms with Crippen molar-refractivity contribution < 1.29 is 28.3 Å². The molecule has 7 nitrogen and oxygen atoms in total. The van der Waals surface area contributed by atoms with Crippen LogP contribution in [0.5, 0.6) is 5.75 Å². The average molecular weight is 644 g/mol. The fourth-order valence-corrected chi connectivity index (χ4v) is 4.99. The molecule has 0 spiro atoms. The molecule has 0 saturated carbocycles. The molecule has 180 valence electrons. The SMILES string of the molecule is COC(=O)c1ccc(CN2C(=O)S/C(=C/c3ccc(OCc4ccc(Cl)c(Cl)c4)c(I)c3)C2=O)o1. The maximum absolute atomic E-state index is 12.8. The molecule has 1 aliphatic rings. The molecule has 4 rings (SSSR count). The zero-order valence-corrected chi connectivity index (χ0v) is 22.5. The minimum absolute atomic E-state index is 0.000979. The quantitative estimate of drug-likeness (QED) is 0.159. The molecule has 0 radical (unpaired) electrons. The van der Waals surface area contributed by atoms with Gasteiger partial charge in [-0.05, 0) is 88.0 Å². The van der Waals surface area contributed by atoms with Gasteiger partial charge in [-0.3, -0.25) is 14.5 Å². The molecule has 1 saturated heterocycles. The maximum atomic E-state index is 12.8. The fraction of sp³-hybridized carbons (Fsp3) is 0.125. The molecule has 0 bridgehead atoms. The summed E-state index contributed by atoms with van der Waals surface area (Å²) >= 11 is 15.0. The lowest BCUT2D eigenvalue weighted by Gasteiger charge is -2.10. The van der Waals surface area contributed by atoms with E-state index in [1.165, 1.54) is 19.2 Å². The number of benzene rings is 2. The van der Waals surface area contributed by atoms with Crippen LogP contribution in [-0.2, 0) is 22.7 Å². The Hall–Kier alpha value is -2.47. The van der Waals surface area contributed by atoms with Gasteiger partial charge in [0.1, 0.15) is 18.1 Å². The highest BCUT2D eigenvalue weighted by molar-refractivity contribution is 14.1. The number of methoxy groups -OCH3 is 1. The molecule has 1 aromatic heterocycles. The minimum Gasteiger partial charge on any atom is -0.488 e. The molecule has 11 heteroatoms. The van der Waals surface area contributed by atoms with Gasteiger partial charge in [0.05, 0.1) is 32.2 Å². The summed E-state index contributed by atoms with van der Waals surface area (Å²) in [5.74, 6) is -0.107. The first-order valence-corrected chi connectivity index (χ1v) is 12.7. The van der Waals surface area contributed by atoms with Gasteiger partial charge < -0.3 is 13.9 Å². The number of hydrogen-bond donors (Lipinski definition) is 0. The highest BCUT2D eigenvalue weighted by Gasteiger charge is 2.35. The summed E-state index contributed by atoms with van der Waals surface area (Å²) in [6.07, 6.45) is 1.65. The van der Waals surface area contributed by atoms with Crippen LogP contribution in [0.1, 0.15) is 27.4 Å². The van der Waals surface area contributed by atoms with Gasteiger partial charge in [0.2, 0.25) is 5.76 Å². The number of esters is 1. The second kappa shape index (κ2) is 11.1. The third-order valence-electron chi connectivity index (χ3n) is 4.87. The predicted molar refractivity (Wildman–Crippen MR) is 142 cm³/mol. The first kappa shape index (κ1) is 25.6. The number of halogens is 3. The maximum Gasteiger partial charge on any atom is 0.373 e. The van der Waals surface area contributed by atoms with Gasteiger partial charge in [-0.1, -0.05) is 35.3 Å². The molecule has 1 fully saturated rings. The van der Waals surface area contributed by atoms with Crippen molar-refractivity contribution in [1.29, 1.82) is 0 Å². The van der Waals surface area contributed by atoms with Crippen molar-refractivity contribution in [3.8, 4) is 5.75 Å².